The first-order valence-electron chi connectivity index (χ1n) is 4.53. The van der Waals surface area contributed by atoms with E-state index in [-0.39, 0.29) is 24.6 Å². The van der Waals surface area contributed by atoms with E-state index in [1.54, 1.807) is 6.92 Å². The summed E-state index contributed by atoms with van der Waals surface area (Å²) in [7, 11) is -3.59. The molecular weight excluding hydrogens is 236 g/mol. The van der Waals surface area contributed by atoms with Crippen molar-refractivity contribution in [1.29, 1.82) is 0 Å². The number of rotatable bonds is 6. The third-order valence-electron chi connectivity index (χ3n) is 1.67. The summed E-state index contributed by atoms with van der Waals surface area (Å²) in [6.45, 7) is 1.66. The van der Waals surface area contributed by atoms with Gasteiger partial charge < -0.3 is 9.52 Å². The molecule has 2 N–H and O–H groups in total. The van der Waals surface area contributed by atoms with Crippen LogP contribution in [0.5, 0.6) is 0 Å². The second kappa shape index (κ2) is 4.97. The lowest BCUT2D eigenvalue weighted by molar-refractivity contribution is -0.137. The van der Waals surface area contributed by atoms with Crippen molar-refractivity contribution in [1.82, 2.24) is 4.98 Å². The summed E-state index contributed by atoms with van der Waals surface area (Å²) in [5.41, 5.74) is 0.559. The van der Waals surface area contributed by atoms with Crippen LogP contribution in [0.15, 0.2) is 10.7 Å². The van der Waals surface area contributed by atoms with Gasteiger partial charge in [-0.25, -0.2) is 13.1 Å². The largest absolute Gasteiger partial charge is 0.481 e. The molecule has 0 amide bonds. The van der Waals surface area contributed by atoms with Gasteiger partial charge in [0.15, 0.2) is 0 Å². The van der Waals surface area contributed by atoms with Gasteiger partial charge in [-0.3, -0.25) is 4.79 Å². The molecule has 90 valence electrons. The lowest BCUT2D eigenvalue weighted by Gasteiger charge is -2.02. The zero-order valence-electron chi connectivity index (χ0n) is 8.63. The smallest absolute Gasteiger partial charge is 0.308 e. The summed E-state index contributed by atoms with van der Waals surface area (Å²) in [6.07, 6.45) is 1.17. The molecule has 0 atom stereocenters. The minimum atomic E-state index is -3.59. The molecule has 7 nitrogen and oxygen atoms in total. The summed E-state index contributed by atoms with van der Waals surface area (Å²) in [4.78, 5) is 14.0. The number of carboxylic acid groups (broad SMARTS) is 1. The van der Waals surface area contributed by atoms with E-state index in [0.717, 1.165) is 0 Å². The molecule has 0 saturated carbocycles. The molecule has 0 saturated heterocycles. The maximum atomic E-state index is 11.4. The molecule has 1 aromatic rings. The van der Waals surface area contributed by atoms with Crippen molar-refractivity contribution in [2.75, 3.05) is 10.5 Å². The average Bonchev–Trinajstić information content (AvgIpc) is 2.48. The van der Waals surface area contributed by atoms with Gasteiger partial charge in [0.2, 0.25) is 10.0 Å². The Balaban J connectivity index is 2.49. The van der Waals surface area contributed by atoms with Crippen molar-refractivity contribution in [3.63, 3.8) is 0 Å². The maximum Gasteiger partial charge on any atom is 0.308 e. The van der Waals surface area contributed by atoms with Gasteiger partial charge in [-0.05, 0) is 13.3 Å². The monoisotopic (exact) mass is 248 g/mol. The van der Waals surface area contributed by atoms with Crippen LogP contribution in [0.3, 0.4) is 0 Å². The van der Waals surface area contributed by atoms with Crippen molar-refractivity contribution in [2.45, 2.75) is 19.8 Å². The number of nitrogens with zero attached hydrogens (tertiary/aromatic N) is 1. The molecule has 0 fully saturated rings. The van der Waals surface area contributed by atoms with Gasteiger partial charge in [-0.1, -0.05) is 0 Å². The van der Waals surface area contributed by atoms with Crippen LogP contribution in [0.2, 0.25) is 0 Å². The fourth-order valence-corrected chi connectivity index (χ4v) is 1.98. The number of carbonyl (C=O) groups is 1. The molecule has 0 aliphatic rings. The number of hydrogen-bond donors (Lipinski definition) is 2. The van der Waals surface area contributed by atoms with Gasteiger partial charge in [0.1, 0.15) is 6.26 Å². The highest BCUT2D eigenvalue weighted by molar-refractivity contribution is 7.92. The topological polar surface area (TPSA) is 110 Å². The normalized spacial score (nSPS) is 11.3. The molecular formula is C8H12N2O5S. The Morgan fingerprint density at radius 1 is 1.62 bits per heavy atom. The van der Waals surface area contributed by atoms with Crippen LogP contribution < -0.4 is 4.72 Å². The first-order valence-corrected chi connectivity index (χ1v) is 6.19. The van der Waals surface area contributed by atoms with Crippen LogP contribution in [0.4, 0.5) is 6.01 Å². The molecule has 0 aliphatic carbocycles. The summed E-state index contributed by atoms with van der Waals surface area (Å²) >= 11 is 0. The number of aromatic nitrogens is 1. The Hall–Kier alpha value is -1.57. The Labute approximate surface area is 92.5 Å². The molecule has 1 aromatic heterocycles. The molecule has 0 bridgehead atoms. The SMILES string of the molecule is Cc1coc(NS(=O)(=O)CCCC(=O)O)n1. The summed E-state index contributed by atoms with van der Waals surface area (Å²) in [6, 6.07) is -0.104. The lowest BCUT2D eigenvalue weighted by atomic mass is 10.3. The average molecular weight is 248 g/mol. The van der Waals surface area contributed by atoms with E-state index in [9.17, 15) is 13.2 Å². The zero-order valence-corrected chi connectivity index (χ0v) is 9.45. The van der Waals surface area contributed by atoms with Gasteiger partial charge in [-0.15, -0.1) is 0 Å². The van der Waals surface area contributed by atoms with Crippen molar-refractivity contribution in [3.8, 4) is 0 Å². The quantitative estimate of drug-likeness (QED) is 0.762. The zero-order chi connectivity index (χ0) is 12.2. The standard InChI is InChI=1S/C8H12N2O5S/c1-6-5-15-8(9-6)10-16(13,14)4-2-3-7(11)12/h5H,2-4H2,1H3,(H,9,10)(H,11,12). The van der Waals surface area contributed by atoms with Crippen LogP contribution >= 0.6 is 0 Å². The minimum absolute atomic E-state index is 0.0460. The van der Waals surface area contributed by atoms with Gasteiger partial charge in [-0.2, -0.15) is 4.98 Å². The number of aryl methyl sites for hydroxylation is 1. The molecule has 0 radical (unpaired) electrons. The highest BCUT2D eigenvalue weighted by atomic mass is 32.2. The van der Waals surface area contributed by atoms with E-state index < -0.39 is 16.0 Å². The number of hydrogen-bond acceptors (Lipinski definition) is 5. The van der Waals surface area contributed by atoms with E-state index in [2.05, 4.69) is 9.71 Å². The van der Waals surface area contributed by atoms with E-state index in [0.29, 0.717) is 5.69 Å². The second-order valence-corrected chi connectivity index (χ2v) is 5.05. The Morgan fingerprint density at radius 3 is 2.81 bits per heavy atom. The first-order chi connectivity index (χ1) is 7.39. The summed E-state index contributed by atoms with van der Waals surface area (Å²) < 4.78 is 29.7. The van der Waals surface area contributed by atoms with Gasteiger partial charge >= 0.3 is 12.0 Å². The molecule has 0 aromatic carbocycles. The van der Waals surface area contributed by atoms with Crippen LogP contribution in [-0.2, 0) is 14.8 Å². The van der Waals surface area contributed by atoms with Gasteiger partial charge in [0.05, 0.1) is 11.4 Å². The highest BCUT2D eigenvalue weighted by Gasteiger charge is 2.14. The molecule has 8 heteroatoms. The molecule has 0 aliphatic heterocycles. The Morgan fingerprint density at radius 2 is 2.31 bits per heavy atom. The first kappa shape index (κ1) is 12.5. The predicted molar refractivity (Wildman–Crippen MR) is 55.5 cm³/mol. The lowest BCUT2D eigenvalue weighted by Crippen LogP contribution is -2.17. The van der Waals surface area contributed by atoms with Crippen LogP contribution in [0.25, 0.3) is 0 Å². The number of anilines is 1. The molecule has 1 heterocycles. The maximum absolute atomic E-state index is 11.4. The number of sulfonamides is 1. The number of nitrogens with one attached hydrogen (secondary N) is 1. The van der Waals surface area contributed by atoms with Crippen molar-refractivity contribution >= 4 is 22.0 Å². The molecule has 1 rings (SSSR count). The fraction of sp³-hybridized carbons (Fsp3) is 0.500. The van der Waals surface area contributed by atoms with E-state index >= 15 is 0 Å². The van der Waals surface area contributed by atoms with Crippen molar-refractivity contribution in [3.05, 3.63) is 12.0 Å². The third kappa shape index (κ3) is 4.30. The number of aliphatic carboxylic acids is 1. The van der Waals surface area contributed by atoms with Crippen molar-refractivity contribution < 1.29 is 22.7 Å². The summed E-state index contributed by atoms with van der Waals surface area (Å²) in [5.74, 6) is -1.30. The van der Waals surface area contributed by atoms with Gasteiger partial charge in [0.25, 0.3) is 0 Å². The van der Waals surface area contributed by atoms with Crippen LogP contribution in [0, 0.1) is 6.92 Å². The van der Waals surface area contributed by atoms with Gasteiger partial charge in [0, 0.05) is 6.42 Å². The fourth-order valence-electron chi connectivity index (χ4n) is 0.998. The summed E-state index contributed by atoms with van der Waals surface area (Å²) in [5, 5.41) is 8.36. The Bertz CT molecular complexity index is 465. The van der Waals surface area contributed by atoms with E-state index in [1.165, 1.54) is 6.26 Å². The highest BCUT2D eigenvalue weighted by Crippen LogP contribution is 2.09. The molecule has 16 heavy (non-hydrogen) atoms. The number of oxazole rings is 1. The number of carboxylic acids is 1. The van der Waals surface area contributed by atoms with Crippen molar-refractivity contribution in [2.24, 2.45) is 0 Å². The van der Waals surface area contributed by atoms with E-state index in [4.69, 9.17) is 9.52 Å². The van der Waals surface area contributed by atoms with Crippen LogP contribution in [0.1, 0.15) is 18.5 Å². The second-order valence-electron chi connectivity index (χ2n) is 3.21. The third-order valence-corrected chi connectivity index (χ3v) is 2.98. The minimum Gasteiger partial charge on any atom is -0.481 e. The molecule has 0 spiro atoms. The molecule has 0 unspecified atom stereocenters. The van der Waals surface area contributed by atoms with E-state index in [1.807, 2.05) is 0 Å². The predicted octanol–water partition coefficient (Wildman–Crippen LogP) is 0.590. The van der Waals surface area contributed by atoms with Crippen LogP contribution in [-0.4, -0.2) is 30.2 Å². The Kier molecular flexibility index (Phi) is 3.88.